The average Bonchev–Trinajstić information content (AvgIpc) is 3.59. The van der Waals surface area contributed by atoms with E-state index in [2.05, 4.69) is 30.9 Å². The number of amides is 3. The lowest BCUT2D eigenvalue weighted by Crippen LogP contribution is -2.44. The zero-order valence-electron chi connectivity index (χ0n) is 27.1. The number of nitrogens with zero attached hydrogens (tertiary/aromatic N) is 5. The number of piperidine rings is 1. The van der Waals surface area contributed by atoms with Crippen LogP contribution in [0, 0.1) is 5.92 Å². The lowest BCUT2D eigenvalue weighted by molar-refractivity contribution is -0.144. The Bertz CT molecular complexity index is 1570. The van der Waals surface area contributed by atoms with Gasteiger partial charge in [-0.25, -0.2) is 14.8 Å². The Morgan fingerprint density at radius 2 is 1.61 bits per heavy atom. The molecule has 2 fully saturated rings. The minimum Gasteiger partial charge on any atom is -0.481 e. The van der Waals surface area contributed by atoms with Gasteiger partial charge < -0.3 is 30.9 Å². The number of hydrogen-bond acceptors (Lipinski definition) is 8. The van der Waals surface area contributed by atoms with Crippen LogP contribution in [0.4, 0.5) is 29.6 Å². The highest BCUT2D eigenvalue weighted by Crippen LogP contribution is 2.34. The fourth-order valence-electron chi connectivity index (χ4n) is 6.20. The smallest absolute Gasteiger partial charge is 0.451 e. The van der Waals surface area contributed by atoms with E-state index in [0.29, 0.717) is 71.2 Å². The van der Waals surface area contributed by atoms with Crippen molar-refractivity contribution >= 4 is 29.5 Å². The number of carbonyl (C=O) groups is 3. The fourth-order valence-corrected chi connectivity index (χ4v) is 6.20. The van der Waals surface area contributed by atoms with Crippen molar-refractivity contribution in [1.82, 2.24) is 30.9 Å². The van der Waals surface area contributed by atoms with E-state index < -0.39 is 30.0 Å². The summed E-state index contributed by atoms with van der Waals surface area (Å²) in [5.41, 5.74) is 3.10. The van der Waals surface area contributed by atoms with Crippen LogP contribution in [0.25, 0.3) is 11.1 Å². The molecule has 262 valence electrons. The third-order valence-electron chi connectivity index (χ3n) is 8.87. The Hall–Kier alpha value is -4.95. The van der Waals surface area contributed by atoms with Gasteiger partial charge in [0, 0.05) is 57.7 Å². The van der Waals surface area contributed by atoms with Gasteiger partial charge in [0.1, 0.15) is 17.7 Å². The van der Waals surface area contributed by atoms with Gasteiger partial charge >= 0.3 is 18.2 Å². The van der Waals surface area contributed by atoms with Crippen molar-refractivity contribution in [2.24, 2.45) is 5.92 Å². The van der Waals surface area contributed by atoms with Crippen molar-refractivity contribution in [3.63, 3.8) is 0 Å². The summed E-state index contributed by atoms with van der Waals surface area (Å²) in [5.74, 6) is -1.97. The van der Waals surface area contributed by atoms with Crippen LogP contribution in [-0.2, 0) is 22.2 Å². The SMILES string of the molecule is O=C(O)CCNC(=O)NCCC1CCN(c2cc(N3CCCC3C(=O)NCCc3ccc(-c4cccnc4)cc3)nc(C(F)(F)F)n2)CC1. The topological polar surface area (TPSA) is 153 Å². The van der Waals surface area contributed by atoms with Crippen molar-refractivity contribution in [1.29, 1.82) is 0 Å². The number of anilines is 2. The molecule has 5 rings (SSSR count). The van der Waals surface area contributed by atoms with Crippen LogP contribution in [0.15, 0.2) is 54.9 Å². The van der Waals surface area contributed by atoms with Gasteiger partial charge in [-0.2, -0.15) is 13.2 Å². The first kappa shape index (κ1) is 35.4. The number of benzene rings is 1. The molecule has 12 nitrogen and oxygen atoms in total. The second kappa shape index (κ2) is 16.4. The van der Waals surface area contributed by atoms with Gasteiger partial charge in [-0.3, -0.25) is 14.6 Å². The minimum absolute atomic E-state index is 0.0343. The molecule has 2 aliphatic heterocycles. The van der Waals surface area contributed by atoms with E-state index in [0.717, 1.165) is 16.7 Å². The van der Waals surface area contributed by atoms with Crippen molar-refractivity contribution in [2.45, 2.75) is 57.2 Å². The highest BCUT2D eigenvalue weighted by molar-refractivity contribution is 5.85. The number of aromatic nitrogens is 3. The molecule has 0 aliphatic carbocycles. The molecule has 2 aromatic heterocycles. The first-order valence-electron chi connectivity index (χ1n) is 16.6. The Morgan fingerprint density at radius 1 is 0.878 bits per heavy atom. The number of carboxylic acid groups (broad SMARTS) is 1. The quantitative estimate of drug-likeness (QED) is 0.207. The van der Waals surface area contributed by atoms with Crippen LogP contribution in [0.1, 0.15) is 49.9 Å². The minimum atomic E-state index is -4.76. The van der Waals surface area contributed by atoms with Gasteiger partial charge in [-0.1, -0.05) is 30.3 Å². The summed E-state index contributed by atoms with van der Waals surface area (Å²) < 4.78 is 41.9. The third-order valence-corrected chi connectivity index (χ3v) is 8.87. The molecule has 1 aromatic carbocycles. The van der Waals surface area contributed by atoms with Gasteiger partial charge in [0.25, 0.3) is 0 Å². The molecule has 4 N–H and O–H groups in total. The number of hydrogen-bond donors (Lipinski definition) is 4. The van der Waals surface area contributed by atoms with Gasteiger partial charge in [0.05, 0.1) is 6.42 Å². The second-order valence-electron chi connectivity index (χ2n) is 12.3. The predicted octanol–water partition coefficient (Wildman–Crippen LogP) is 4.27. The number of carboxylic acids is 1. The van der Waals surface area contributed by atoms with Crippen molar-refractivity contribution < 1.29 is 32.7 Å². The Labute approximate surface area is 282 Å². The summed E-state index contributed by atoms with van der Waals surface area (Å²) >= 11 is 0. The van der Waals surface area contributed by atoms with Crippen LogP contribution in [-0.4, -0.2) is 83.3 Å². The van der Waals surface area contributed by atoms with E-state index in [1.165, 1.54) is 0 Å². The molecule has 2 saturated heterocycles. The molecule has 3 amide bonds. The van der Waals surface area contributed by atoms with Crippen LogP contribution in [0.2, 0.25) is 0 Å². The lowest BCUT2D eigenvalue weighted by atomic mass is 9.93. The number of pyridine rings is 1. The number of nitrogens with one attached hydrogen (secondary N) is 3. The van der Waals surface area contributed by atoms with E-state index >= 15 is 0 Å². The van der Waals surface area contributed by atoms with E-state index in [1.54, 1.807) is 23.4 Å². The first-order valence-corrected chi connectivity index (χ1v) is 16.6. The molecule has 1 unspecified atom stereocenters. The molecular weight excluding hydrogens is 641 g/mol. The average molecular weight is 683 g/mol. The number of alkyl halides is 3. The van der Waals surface area contributed by atoms with Crippen molar-refractivity contribution in [2.75, 3.05) is 49.1 Å². The van der Waals surface area contributed by atoms with Crippen LogP contribution < -0.4 is 25.8 Å². The monoisotopic (exact) mass is 682 g/mol. The highest BCUT2D eigenvalue weighted by Gasteiger charge is 2.39. The standard InChI is InChI=1S/C34H41F3N8O4/c35-34(36,37)32-42-28(44-19-12-24(13-20-44)10-16-40-33(49)41-17-11-30(46)47)21-29(43-32)45-18-2-4-27(45)31(48)39-15-9-23-5-7-25(8-6-23)26-3-1-14-38-22-26/h1,3,5-8,14,21-22,24,27H,2,4,9-13,15-20H2,(H,39,48)(H,46,47)(H2,40,41,49). The van der Waals surface area contributed by atoms with Gasteiger partial charge in [-0.05, 0) is 67.2 Å². The number of halogens is 3. The van der Waals surface area contributed by atoms with Crippen LogP contribution in [0.5, 0.6) is 0 Å². The third kappa shape index (κ3) is 10.0. The van der Waals surface area contributed by atoms with Gasteiger partial charge in [0.2, 0.25) is 11.7 Å². The van der Waals surface area contributed by atoms with E-state index in [9.17, 15) is 27.6 Å². The van der Waals surface area contributed by atoms with E-state index in [4.69, 9.17) is 5.11 Å². The van der Waals surface area contributed by atoms with Gasteiger partial charge in [0.15, 0.2) is 0 Å². The van der Waals surface area contributed by atoms with Crippen LogP contribution >= 0.6 is 0 Å². The molecule has 4 heterocycles. The summed E-state index contributed by atoms with van der Waals surface area (Å²) in [6, 6.07) is 12.4. The first-order chi connectivity index (χ1) is 23.6. The molecule has 1 atom stereocenters. The lowest BCUT2D eigenvalue weighted by Gasteiger charge is -2.34. The maximum absolute atomic E-state index is 14.0. The highest BCUT2D eigenvalue weighted by atomic mass is 19.4. The zero-order valence-corrected chi connectivity index (χ0v) is 27.1. The van der Waals surface area contributed by atoms with Gasteiger partial charge in [-0.15, -0.1) is 0 Å². The molecule has 0 saturated carbocycles. The second-order valence-corrected chi connectivity index (χ2v) is 12.3. The van der Waals surface area contributed by atoms with Crippen molar-refractivity contribution in [3.05, 3.63) is 66.2 Å². The molecule has 0 bridgehead atoms. The molecule has 2 aliphatic rings. The Morgan fingerprint density at radius 3 is 2.31 bits per heavy atom. The number of aliphatic carboxylic acids is 1. The Balaban J connectivity index is 1.15. The summed E-state index contributed by atoms with van der Waals surface area (Å²) in [7, 11) is 0. The number of urea groups is 1. The fraction of sp³-hybridized carbons (Fsp3) is 0.471. The normalized spacial score (nSPS) is 16.8. The summed E-state index contributed by atoms with van der Waals surface area (Å²) in [5, 5.41) is 16.8. The van der Waals surface area contributed by atoms with E-state index in [-0.39, 0.29) is 36.4 Å². The maximum atomic E-state index is 14.0. The molecule has 49 heavy (non-hydrogen) atoms. The molecular formula is C34H41F3N8O4. The van der Waals surface area contributed by atoms with Crippen LogP contribution in [0.3, 0.4) is 0 Å². The number of rotatable bonds is 13. The van der Waals surface area contributed by atoms with Crippen molar-refractivity contribution in [3.8, 4) is 11.1 Å². The predicted molar refractivity (Wildman–Crippen MR) is 177 cm³/mol. The zero-order chi connectivity index (χ0) is 34.8. The number of carbonyl (C=O) groups excluding carboxylic acids is 2. The Kier molecular flexibility index (Phi) is 11.9. The molecule has 3 aromatic rings. The summed E-state index contributed by atoms with van der Waals surface area (Å²) in [6.45, 7) is 2.19. The molecule has 0 spiro atoms. The molecule has 0 radical (unpaired) electrons. The maximum Gasteiger partial charge on any atom is 0.451 e. The summed E-state index contributed by atoms with van der Waals surface area (Å²) in [4.78, 5) is 51.1. The molecule has 15 heteroatoms. The largest absolute Gasteiger partial charge is 0.481 e. The summed E-state index contributed by atoms with van der Waals surface area (Å²) in [6.07, 6.45) is 2.43. The van der Waals surface area contributed by atoms with E-state index in [1.807, 2.05) is 41.3 Å².